The van der Waals surface area contributed by atoms with Crippen molar-refractivity contribution in [3.05, 3.63) is 72.5 Å². The van der Waals surface area contributed by atoms with Crippen LogP contribution in [0.3, 0.4) is 0 Å². The van der Waals surface area contributed by atoms with Crippen LogP contribution in [0.25, 0.3) is 11.0 Å². The number of methoxy groups -OCH3 is 1. The zero-order valence-corrected chi connectivity index (χ0v) is 18.9. The van der Waals surface area contributed by atoms with E-state index in [1.54, 1.807) is 7.11 Å². The highest BCUT2D eigenvalue weighted by molar-refractivity contribution is 5.83. The van der Waals surface area contributed by atoms with Crippen molar-refractivity contribution in [2.45, 2.75) is 38.2 Å². The van der Waals surface area contributed by atoms with Crippen LogP contribution in [0.2, 0.25) is 0 Å². The molecule has 2 aliphatic rings. The van der Waals surface area contributed by atoms with Crippen LogP contribution in [0.4, 0.5) is 17.3 Å². The highest BCUT2D eigenvalue weighted by Gasteiger charge is 2.22. The Morgan fingerprint density at radius 1 is 1.03 bits per heavy atom. The predicted molar refractivity (Wildman–Crippen MR) is 133 cm³/mol. The van der Waals surface area contributed by atoms with E-state index in [2.05, 4.69) is 22.4 Å². The van der Waals surface area contributed by atoms with Crippen LogP contribution in [-0.4, -0.2) is 34.8 Å². The fraction of sp³-hybridized carbons (Fsp3) is 0.333. The molecule has 5 rings (SSSR count). The minimum atomic E-state index is -0.142. The molecule has 3 aromatic rings. The predicted octanol–water partition coefficient (Wildman–Crippen LogP) is 5.37. The lowest BCUT2D eigenvalue weighted by Gasteiger charge is -2.27. The third-order valence-electron chi connectivity index (χ3n) is 6.53. The van der Waals surface area contributed by atoms with Gasteiger partial charge in [-0.05, 0) is 67.9 Å². The molecule has 6 heteroatoms. The van der Waals surface area contributed by atoms with Crippen LogP contribution in [0, 0.1) is 5.92 Å². The Bertz CT molecular complexity index is 1180. The first-order chi connectivity index (χ1) is 16.2. The molecule has 170 valence electrons. The number of aliphatic hydroxyl groups is 1. The van der Waals surface area contributed by atoms with E-state index in [1.165, 1.54) is 5.56 Å². The number of rotatable bonds is 6. The molecule has 0 atom stereocenters. The molecule has 0 amide bonds. The molecule has 0 radical (unpaired) electrons. The van der Waals surface area contributed by atoms with Crippen molar-refractivity contribution < 1.29 is 9.84 Å². The van der Waals surface area contributed by atoms with Gasteiger partial charge in [0.1, 0.15) is 5.75 Å². The van der Waals surface area contributed by atoms with Gasteiger partial charge in [-0.2, -0.15) is 0 Å². The minimum Gasteiger partial charge on any atom is -0.497 e. The second-order valence-electron chi connectivity index (χ2n) is 8.83. The van der Waals surface area contributed by atoms with Gasteiger partial charge in [-0.1, -0.05) is 30.4 Å². The second-order valence-corrected chi connectivity index (χ2v) is 8.83. The smallest absolute Gasteiger partial charge is 0.177 e. The molecule has 2 N–H and O–H groups in total. The summed E-state index contributed by atoms with van der Waals surface area (Å²) in [5.74, 6) is 2.89. The average molecular weight is 443 g/mol. The summed E-state index contributed by atoms with van der Waals surface area (Å²) in [4.78, 5) is 12.0. The summed E-state index contributed by atoms with van der Waals surface area (Å²) in [5, 5.41) is 13.5. The number of aromatic nitrogens is 2. The first kappa shape index (κ1) is 21.5. The summed E-state index contributed by atoms with van der Waals surface area (Å²) in [6, 6.07) is 14.2. The highest BCUT2D eigenvalue weighted by atomic mass is 16.5. The zero-order chi connectivity index (χ0) is 22.6. The first-order valence-corrected chi connectivity index (χ1v) is 11.7. The van der Waals surface area contributed by atoms with E-state index >= 15 is 0 Å². The Hall–Kier alpha value is -3.38. The number of aliphatic hydroxyl groups excluding tert-OH is 1. The summed E-state index contributed by atoms with van der Waals surface area (Å²) in [5.41, 5.74) is 3.94. The van der Waals surface area contributed by atoms with Crippen LogP contribution in [0.15, 0.2) is 66.9 Å². The van der Waals surface area contributed by atoms with Crippen molar-refractivity contribution in [3.8, 4) is 5.75 Å². The van der Waals surface area contributed by atoms with Crippen molar-refractivity contribution in [2.24, 2.45) is 5.92 Å². The Morgan fingerprint density at radius 3 is 2.55 bits per heavy atom. The minimum absolute atomic E-state index is 0.142. The van der Waals surface area contributed by atoms with E-state index in [0.717, 1.165) is 72.8 Å². The average Bonchev–Trinajstić information content (AvgIpc) is 2.86. The maximum Gasteiger partial charge on any atom is 0.177 e. The van der Waals surface area contributed by atoms with Gasteiger partial charge < -0.3 is 20.1 Å². The molecule has 1 aromatic heterocycles. The number of nitrogens with zero attached hydrogens (tertiary/aromatic N) is 3. The number of hydrogen-bond donors (Lipinski definition) is 2. The Balaban J connectivity index is 1.51. The number of allylic oxidation sites excluding steroid dienone is 2. The second kappa shape index (κ2) is 9.63. The molecule has 33 heavy (non-hydrogen) atoms. The van der Waals surface area contributed by atoms with Gasteiger partial charge in [0.25, 0.3) is 0 Å². The first-order valence-electron chi connectivity index (χ1n) is 11.7. The number of ether oxygens (including phenoxy) is 1. The number of nitrogens with one attached hydrogen (secondary N) is 1. The van der Waals surface area contributed by atoms with Gasteiger partial charge in [-0.25, -0.2) is 9.97 Å². The van der Waals surface area contributed by atoms with E-state index < -0.39 is 0 Å². The topological polar surface area (TPSA) is 70.5 Å². The SMILES string of the molecule is COc1ccc(CC2CCC(O)CC2)c(Nc2nc3ccccc3nc2N2C=CC=CC2)c1. The van der Waals surface area contributed by atoms with Gasteiger partial charge in [0.2, 0.25) is 0 Å². The lowest BCUT2D eigenvalue weighted by atomic mass is 9.83. The van der Waals surface area contributed by atoms with Gasteiger partial charge in [0.15, 0.2) is 11.6 Å². The van der Waals surface area contributed by atoms with E-state index in [1.807, 2.05) is 54.8 Å². The molecule has 1 aliphatic heterocycles. The molecule has 6 nitrogen and oxygen atoms in total. The molecule has 0 saturated heterocycles. The number of hydrogen-bond acceptors (Lipinski definition) is 6. The molecule has 0 spiro atoms. The van der Waals surface area contributed by atoms with Crippen LogP contribution < -0.4 is 15.0 Å². The van der Waals surface area contributed by atoms with Crippen LogP contribution in [0.5, 0.6) is 5.75 Å². The van der Waals surface area contributed by atoms with Crippen LogP contribution in [0.1, 0.15) is 31.2 Å². The third kappa shape index (κ3) is 4.86. The van der Waals surface area contributed by atoms with Crippen molar-refractivity contribution in [1.82, 2.24) is 9.97 Å². The van der Waals surface area contributed by atoms with Gasteiger partial charge in [0.05, 0.1) is 24.2 Å². The van der Waals surface area contributed by atoms with Gasteiger partial charge >= 0.3 is 0 Å². The summed E-state index contributed by atoms with van der Waals surface area (Å²) in [6.07, 6.45) is 12.9. The lowest BCUT2D eigenvalue weighted by molar-refractivity contribution is 0.109. The monoisotopic (exact) mass is 442 g/mol. The van der Waals surface area contributed by atoms with Gasteiger partial charge in [-0.3, -0.25) is 0 Å². The molecule has 0 unspecified atom stereocenters. The maximum atomic E-state index is 9.89. The fourth-order valence-corrected chi connectivity index (χ4v) is 4.66. The Labute approximate surface area is 194 Å². The molecule has 2 aromatic carbocycles. The molecular weight excluding hydrogens is 412 g/mol. The van der Waals surface area contributed by atoms with E-state index in [0.29, 0.717) is 5.92 Å². The summed E-state index contributed by atoms with van der Waals surface area (Å²) < 4.78 is 5.53. The fourth-order valence-electron chi connectivity index (χ4n) is 4.66. The van der Waals surface area contributed by atoms with Crippen molar-refractivity contribution in [1.29, 1.82) is 0 Å². The van der Waals surface area contributed by atoms with E-state index in [-0.39, 0.29) is 6.10 Å². The third-order valence-corrected chi connectivity index (χ3v) is 6.53. The number of anilines is 3. The quantitative estimate of drug-likeness (QED) is 0.535. The normalized spacial score (nSPS) is 20.2. The standard InChI is InChI=1S/C27H30N4O2/c1-33-22-14-11-20(17-19-9-12-21(32)13-10-19)25(18-22)29-26-27(31-15-5-2-6-16-31)30-24-8-4-3-7-23(24)28-26/h2-8,11,14-15,18-19,21,32H,9-10,12-13,16-17H2,1H3,(H,28,29). The van der Waals surface area contributed by atoms with E-state index in [9.17, 15) is 5.11 Å². The summed E-state index contributed by atoms with van der Waals surface area (Å²) in [6.45, 7) is 0.744. The molecule has 1 saturated carbocycles. The number of para-hydroxylation sites is 2. The molecule has 1 aliphatic carbocycles. The maximum absolute atomic E-state index is 9.89. The number of benzene rings is 2. The van der Waals surface area contributed by atoms with Crippen LogP contribution in [-0.2, 0) is 6.42 Å². The van der Waals surface area contributed by atoms with Crippen molar-refractivity contribution in [2.75, 3.05) is 23.9 Å². The highest BCUT2D eigenvalue weighted by Crippen LogP contribution is 2.35. The summed E-state index contributed by atoms with van der Waals surface area (Å²) >= 11 is 0. The largest absolute Gasteiger partial charge is 0.497 e. The van der Waals surface area contributed by atoms with Crippen LogP contribution >= 0.6 is 0 Å². The number of fused-ring (bicyclic) bond motifs is 1. The van der Waals surface area contributed by atoms with Crippen molar-refractivity contribution in [3.63, 3.8) is 0 Å². The summed E-state index contributed by atoms with van der Waals surface area (Å²) in [7, 11) is 1.69. The van der Waals surface area contributed by atoms with Crippen molar-refractivity contribution >= 4 is 28.4 Å². The molecule has 0 bridgehead atoms. The zero-order valence-electron chi connectivity index (χ0n) is 18.9. The molecule has 2 heterocycles. The van der Waals surface area contributed by atoms with E-state index in [4.69, 9.17) is 14.7 Å². The Morgan fingerprint density at radius 2 is 1.82 bits per heavy atom. The van der Waals surface area contributed by atoms with Gasteiger partial charge in [-0.15, -0.1) is 0 Å². The van der Waals surface area contributed by atoms with Gasteiger partial charge in [0, 0.05) is 24.5 Å². The molecular formula is C27H30N4O2. The Kier molecular flexibility index (Phi) is 6.26. The molecule has 1 fully saturated rings. The lowest BCUT2D eigenvalue weighted by Crippen LogP contribution is -2.21.